The minimum Gasteiger partial charge on any atom is -0.497 e. The van der Waals surface area contributed by atoms with Crippen LogP contribution in [0, 0.1) is 6.92 Å². The van der Waals surface area contributed by atoms with Gasteiger partial charge >= 0.3 is 0 Å². The molecule has 1 aliphatic rings. The van der Waals surface area contributed by atoms with Crippen molar-refractivity contribution in [3.63, 3.8) is 0 Å². The van der Waals surface area contributed by atoms with Crippen molar-refractivity contribution in [3.8, 4) is 5.75 Å². The fraction of sp³-hybridized carbons (Fsp3) is 0.471. The van der Waals surface area contributed by atoms with Gasteiger partial charge in [-0.3, -0.25) is 4.68 Å². The van der Waals surface area contributed by atoms with Crippen molar-refractivity contribution >= 4 is 0 Å². The standard InChI is InChI=1S/C17H23N3O/c1-12-14(11-19-20(12)2)10-18-17-6-4-5-13-9-15(21-3)7-8-16(13)17/h7-9,11,17-18H,4-6,10H2,1-3H3. The summed E-state index contributed by atoms with van der Waals surface area (Å²) in [7, 11) is 3.71. The van der Waals surface area contributed by atoms with Crippen LogP contribution < -0.4 is 10.1 Å². The van der Waals surface area contributed by atoms with Crippen LogP contribution in [0.3, 0.4) is 0 Å². The maximum absolute atomic E-state index is 5.33. The Morgan fingerprint density at radius 2 is 2.29 bits per heavy atom. The normalized spacial score (nSPS) is 17.6. The van der Waals surface area contributed by atoms with Gasteiger partial charge in [-0.25, -0.2) is 0 Å². The lowest BCUT2D eigenvalue weighted by atomic mass is 9.87. The van der Waals surface area contributed by atoms with Crippen LogP contribution in [-0.2, 0) is 20.0 Å². The lowest BCUT2D eigenvalue weighted by Gasteiger charge is -2.27. The summed E-state index contributed by atoms with van der Waals surface area (Å²) in [6.07, 6.45) is 5.53. The molecular formula is C17H23N3O. The van der Waals surface area contributed by atoms with Crippen molar-refractivity contribution < 1.29 is 4.74 Å². The molecule has 2 aromatic rings. The predicted octanol–water partition coefficient (Wildman–Crippen LogP) is 2.90. The van der Waals surface area contributed by atoms with Crippen molar-refractivity contribution in [2.75, 3.05) is 7.11 Å². The van der Waals surface area contributed by atoms with Crippen molar-refractivity contribution in [3.05, 3.63) is 46.8 Å². The van der Waals surface area contributed by atoms with Crippen LogP contribution in [-0.4, -0.2) is 16.9 Å². The summed E-state index contributed by atoms with van der Waals surface area (Å²) in [5, 5.41) is 8.00. The lowest BCUT2D eigenvalue weighted by molar-refractivity contribution is 0.410. The van der Waals surface area contributed by atoms with E-state index in [-0.39, 0.29) is 0 Å². The predicted molar refractivity (Wildman–Crippen MR) is 83.5 cm³/mol. The summed E-state index contributed by atoms with van der Waals surface area (Å²) < 4.78 is 7.26. The number of ether oxygens (including phenoxy) is 1. The van der Waals surface area contributed by atoms with Crippen molar-refractivity contribution in [2.24, 2.45) is 7.05 Å². The summed E-state index contributed by atoms with van der Waals surface area (Å²) >= 11 is 0. The van der Waals surface area contributed by atoms with Crippen molar-refractivity contribution in [1.29, 1.82) is 0 Å². The van der Waals surface area contributed by atoms with Crippen molar-refractivity contribution in [1.82, 2.24) is 15.1 Å². The molecule has 21 heavy (non-hydrogen) atoms. The molecule has 1 N–H and O–H groups in total. The monoisotopic (exact) mass is 285 g/mol. The molecule has 4 nitrogen and oxygen atoms in total. The minimum absolute atomic E-state index is 0.430. The molecule has 0 amide bonds. The Morgan fingerprint density at radius 3 is 3.00 bits per heavy atom. The van der Waals surface area contributed by atoms with E-state index >= 15 is 0 Å². The number of nitrogens with one attached hydrogen (secondary N) is 1. The van der Waals surface area contributed by atoms with Crippen LogP contribution in [0.25, 0.3) is 0 Å². The zero-order valence-electron chi connectivity index (χ0n) is 13.0. The third-order valence-electron chi connectivity index (χ3n) is 4.54. The van der Waals surface area contributed by atoms with Crippen LogP contribution >= 0.6 is 0 Å². The summed E-state index contributed by atoms with van der Waals surface area (Å²) in [6, 6.07) is 6.88. The first-order valence-electron chi connectivity index (χ1n) is 7.56. The summed E-state index contributed by atoms with van der Waals surface area (Å²) in [5.41, 5.74) is 5.34. The SMILES string of the molecule is COc1ccc2c(c1)CCCC2NCc1cnn(C)c1C. The van der Waals surface area contributed by atoms with Gasteiger partial charge in [0, 0.05) is 30.9 Å². The van der Waals surface area contributed by atoms with Gasteiger partial charge < -0.3 is 10.1 Å². The second-order valence-corrected chi connectivity index (χ2v) is 5.77. The number of aryl methyl sites for hydroxylation is 2. The Kier molecular flexibility index (Phi) is 3.97. The van der Waals surface area contributed by atoms with Gasteiger partial charge in [-0.15, -0.1) is 0 Å². The first-order chi connectivity index (χ1) is 10.2. The molecule has 112 valence electrons. The molecule has 1 aliphatic carbocycles. The van der Waals surface area contributed by atoms with Gasteiger partial charge in [-0.1, -0.05) is 6.07 Å². The first kappa shape index (κ1) is 14.1. The van der Waals surface area contributed by atoms with Crippen LogP contribution in [0.2, 0.25) is 0 Å². The van der Waals surface area contributed by atoms with Gasteiger partial charge in [0.25, 0.3) is 0 Å². The van der Waals surface area contributed by atoms with E-state index in [1.807, 2.05) is 17.9 Å². The van der Waals surface area contributed by atoms with Gasteiger partial charge in [0.2, 0.25) is 0 Å². The molecule has 0 saturated heterocycles. The highest BCUT2D eigenvalue weighted by Crippen LogP contribution is 2.32. The Bertz CT molecular complexity index is 633. The van der Waals surface area contributed by atoms with Gasteiger partial charge in [0.05, 0.1) is 13.3 Å². The van der Waals surface area contributed by atoms with E-state index in [4.69, 9.17) is 4.74 Å². The van der Waals surface area contributed by atoms with E-state index in [9.17, 15) is 0 Å². The lowest BCUT2D eigenvalue weighted by Crippen LogP contribution is -2.25. The summed E-state index contributed by atoms with van der Waals surface area (Å²) in [6.45, 7) is 2.99. The Labute approximate surface area is 126 Å². The molecule has 3 rings (SSSR count). The van der Waals surface area contributed by atoms with E-state index in [0.717, 1.165) is 18.7 Å². The topological polar surface area (TPSA) is 39.1 Å². The number of nitrogens with zero attached hydrogens (tertiary/aromatic N) is 2. The van der Waals surface area contributed by atoms with Crippen LogP contribution in [0.15, 0.2) is 24.4 Å². The van der Waals surface area contributed by atoms with E-state index in [0.29, 0.717) is 6.04 Å². The number of benzene rings is 1. The second-order valence-electron chi connectivity index (χ2n) is 5.77. The molecule has 0 radical (unpaired) electrons. The van der Waals surface area contributed by atoms with E-state index in [1.54, 1.807) is 7.11 Å². The summed E-state index contributed by atoms with van der Waals surface area (Å²) in [5.74, 6) is 0.956. The van der Waals surface area contributed by atoms with Gasteiger partial charge in [0.1, 0.15) is 5.75 Å². The third-order valence-corrected chi connectivity index (χ3v) is 4.54. The molecule has 1 atom stereocenters. The number of hydrogen-bond acceptors (Lipinski definition) is 3. The maximum atomic E-state index is 5.33. The second kappa shape index (κ2) is 5.90. The van der Waals surface area contributed by atoms with Gasteiger partial charge in [-0.2, -0.15) is 5.10 Å². The molecule has 1 aromatic heterocycles. The molecule has 0 fully saturated rings. The van der Waals surface area contributed by atoms with Gasteiger partial charge in [0.15, 0.2) is 0 Å². The average molecular weight is 285 g/mol. The van der Waals surface area contributed by atoms with Crippen LogP contribution in [0.1, 0.15) is 41.3 Å². The highest BCUT2D eigenvalue weighted by Gasteiger charge is 2.20. The van der Waals surface area contributed by atoms with Crippen molar-refractivity contribution in [2.45, 2.75) is 38.8 Å². The summed E-state index contributed by atoms with van der Waals surface area (Å²) in [4.78, 5) is 0. The largest absolute Gasteiger partial charge is 0.497 e. The number of fused-ring (bicyclic) bond motifs is 1. The number of aromatic nitrogens is 2. The highest BCUT2D eigenvalue weighted by molar-refractivity contribution is 5.39. The Hall–Kier alpha value is -1.81. The number of rotatable bonds is 4. The molecule has 1 heterocycles. The molecule has 4 heteroatoms. The quantitative estimate of drug-likeness (QED) is 0.939. The third kappa shape index (κ3) is 2.81. The number of hydrogen-bond donors (Lipinski definition) is 1. The van der Waals surface area contributed by atoms with Crippen LogP contribution in [0.5, 0.6) is 5.75 Å². The highest BCUT2D eigenvalue weighted by atomic mass is 16.5. The fourth-order valence-electron chi connectivity index (χ4n) is 3.08. The molecule has 1 unspecified atom stereocenters. The fourth-order valence-corrected chi connectivity index (χ4v) is 3.08. The molecule has 0 spiro atoms. The Balaban J connectivity index is 1.74. The molecule has 1 aromatic carbocycles. The minimum atomic E-state index is 0.430. The molecule has 0 bridgehead atoms. The van der Waals surface area contributed by atoms with E-state index in [2.05, 4.69) is 35.5 Å². The smallest absolute Gasteiger partial charge is 0.119 e. The van der Waals surface area contributed by atoms with E-state index < -0.39 is 0 Å². The Morgan fingerprint density at radius 1 is 1.43 bits per heavy atom. The first-order valence-corrected chi connectivity index (χ1v) is 7.56. The molecular weight excluding hydrogens is 262 g/mol. The van der Waals surface area contributed by atoms with Crippen LogP contribution in [0.4, 0.5) is 0 Å². The molecule has 0 saturated carbocycles. The maximum Gasteiger partial charge on any atom is 0.119 e. The zero-order valence-corrected chi connectivity index (χ0v) is 13.0. The average Bonchev–Trinajstić information content (AvgIpc) is 2.84. The van der Waals surface area contributed by atoms with E-state index in [1.165, 1.54) is 35.2 Å². The number of methoxy groups -OCH3 is 1. The molecule has 0 aliphatic heterocycles. The van der Waals surface area contributed by atoms with Gasteiger partial charge in [-0.05, 0) is 49.4 Å². The zero-order chi connectivity index (χ0) is 14.8.